The van der Waals surface area contributed by atoms with E-state index < -0.39 is 0 Å². The third-order valence-electron chi connectivity index (χ3n) is 2.70. The van der Waals surface area contributed by atoms with Gasteiger partial charge in [-0.05, 0) is 42.9 Å². The molecule has 2 rings (SSSR count). The normalized spacial score (nSPS) is 13.8. The summed E-state index contributed by atoms with van der Waals surface area (Å²) in [7, 11) is 1.41. The molecule has 0 atom stereocenters. The van der Waals surface area contributed by atoms with Crippen molar-refractivity contribution in [2.24, 2.45) is 0 Å². The van der Waals surface area contributed by atoms with Crippen LogP contribution in [0.1, 0.15) is 54.1 Å². The Bertz CT molecular complexity index is 365. The van der Waals surface area contributed by atoms with Crippen LogP contribution in [0.2, 0.25) is 0 Å². The van der Waals surface area contributed by atoms with E-state index in [1.54, 1.807) is 0 Å². The maximum Gasteiger partial charge on any atom is 0.338 e. The first-order valence-corrected chi connectivity index (χ1v) is 5.91. The molecule has 0 N–H and O–H groups in total. The minimum absolute atomic E-state index is 0.246. The molecule has 0 aliphatic heterocycles. The molecule has 88 valence electrons. The highest BCUT2D eigenvalue weighted by molar-refractivity contribution is 5.91. The Hall–Kier alpha value is -1.31. The molecule has 2 heteroatoms. The summed E-state index contributed by atoms with van der Waals surface area (Å²) in [5.74, 6) is 0.491. The molecule has 1 aliphatic rings. The largest absolute Gasteiger partial charge is 0.465 e. The molecule has 0 unspecified atom stereocenters. The second-order valence-electron chi connectivity index (χ2n) is 3.84. The Balaban J connectivity index is 0.000000606. The molecule has 0 saturated heterocycles. The minimum atomic E-state index is -0.246. The maximum atomic E-state index is 11.3. The maximum absolute atomic E-state index is 11.3. The van der Waals surface area contributed by atoms with Crippen molar-refractivity contribution in [3.05, 3.63) is 34.9 Å². The standard InChI is InChI=1S/C12H14O2.C2H6/c1-8-7-10(9-3-4-9)5-6-11(8)12(13)14-2;1-2/h5-7,9H,3-4H2,1-2H3;1-2H3. The van der Waals surface area contributed by atoms with Gasteiger partial charge in [-0.2, -0.15) is 0 Å². The van der Waals surface area contributed by atoms with E-state index in [9.17, 15) is 4.79 Å². The summed E-state index contributed by atoms with van der Waals surface area (Å²) in [6.07, 6.45) is 2.58. The number of ether oxygens (including phenoxy) is 1. The van der Waals surface area contributed by atoms with Gasteiger partial charge in [-0.15, -0.1) is 0 Å². The van der Waals surface area contributed by atoms with Crippen molar-refractivity contribution in [3.8, 4) is 0 Å². The average Bonchev–Trinajstić information content (AvgIpc) is 3.14. The predicted molar refractivity (Wildman–Crippen MR) is 65.8 cm³/mol. The van der Waals surface area contributed by atoms with Crippen LogP contribution in [0.15, 0.2) is 18.2 Å². The van der Waals surface area contributed by atoms with E-state index in [0.29, 0.717) is 5.56 Å². The lowest BCUT2D eigenvalue weighted by Crippen LogP contribution is -2.03. The smallest absolute Gasteiger partial charge is 0.338 e. The molecule has 16 heavy (non-hydrogen) atoms. The van der Waals surface area contributed by atoms with Crippen molar-refractivity contribution in [3.63, 3.8) is 0 Å². The zero-order valence-corrected chi connectivity index (χ0v) is 10.5. The zero-order valence-electron chi connectivity index (χ0n) is 10.5. The van der Waals surface area contributed by atoms with Gasteiger partial charge in [-0.25, -0.2) is 4.79 Å². The molecule has 1 fully saturated rings. The van der Waals surface area contributed by atoms with Crippen LogP contribution in [-0.2, 0) is 4.74 Å². The first-order valence-electron chi connectivity index (χ1n) is 5.91. The molecule has 1 saturated carbocycles. The van der Waals surface area contributed by atoms with Crippen molar-refractivity contribution >= 4 is 5.97 Å². The summed E-state index contributed by atoms with van der Waals surface area (Å²) in [6.45, 7) is 5.96. The number of aryl methyl sites for hydroxylation is 1. The van der Waals surface area contributed by atoms with Crippen LogP contribution in [-0.4, -0.2) is 13.1 Å². The molecular formula is C14H20O2. The van der Waals surface area contributed by atoms with E-state index in [2.05, 4.69) is 6.07 Å². The molecule has 1 aliphatic carbocycles. The van der Waals surface area contributed by atoms with Crippen LogP contribution in [0.25, 0.3) is 0 Å². The molecule has 0 spiro atoms. The quantitative estimate of drug-likeness (QED) is 0.710. The van der Waals surface area contributed by atoms with Gasteiger partial charge in [0.2, 0.25) is 0 Å². The molecule has 0 aromatic heterocycles. The molecule has 0 heterocycles. The van der Waals surface area contributed by atoms with Gasteiger partial charge < -0.3 is 4.74 Å². The van der Waals surface area contributed by atoms with Gasteiger partial charge in [0, 0.05) is 0 Å². The fourth-order valence-electron chi connectivity index (χ4n) is 1.70. The first kappa shape index (κ1) is 12.8. The Labute approximate surface area is 97.6 Å². The molecule has 1 aromatic rings. The monoisotopic (exact) mass is 220 g/mol. The third kappa shape index (κ3) is 2.84. The van der Waals surface area contributed by atoms with Gasteiger partial charge in [0.15, 0.2) is 0 Å². The summed E-state index contributed by atoms with van der Waals surface area (Å²) in [5.41, 5.74) is 3.05. The number of hydrogen-bond acceptors (Lipinski definition) is 2. The van der Waals surface area contributed by atoms with E-state index >= 15 is 0 Å². The number of benzene rings is 1. The van der Waals surface area contributed by atoms with Crippen LogP contribution in [0.4, 0.5) is 0 Å². The van der Waals surface area contributed by atoms with E-state index in [-0.39, 0.29) is 5.97 Å². The van der Waals surface area contributed by atoms with Crippen molar-refractivity contribution in [1.29, 1.82) is 0 Å². The van der Waals surface area contributed by atoms with Crippen molar-refractivity contribution in [2.75, 3.05) is 7.11 Å². The Kier molecular flexibility index (Phi) is 4.53. The number of carbonyl (C=O) groups is 1. The Morgan fingerprint density at radius 2 is 1.94 bits per heavy atom. The second-order valence-corrected chi connectivity index (χ2v) is 3.84. The van der Waals surface area contributed by atoms with E-state index in [1.165, 1.54) is 25.5 Å². The summed E-state index contributed by atoms with van der Waals surface area (Å²) in [6, 6.07) is 6.01. The van der Waals surface area contributed by atoms with Crippen molar-refractivity contribution in [2.45, 2.75) is 39.5 Å². The van der Waals surface area contributed by atoms with Crippen LogP contribution in [0, 0.1) is 6.92 Å². The lowest BCUT2D eigenvalue weighted by Gasteiger charge is -2.05. The fourth-order valence-corrected chi connectivity index (χ4v) is 1.70. The van der Waals surface area contributed by atoms with Crippen LogP contribution in [0.3, 0.4) is 0 Å². The summed E-state index contributed by atoms with van der Waals surface area (Å²) < 4.78 is 4.69. The van der Waals surface area contributed by atoms with Gasteiger partial charge in [0.1, 0.15) is 0 Å². The number of esters is 1. The van der Waals surface area contributed by atoms with Crippen LogP contribution in [0.5, 0.6) is 0 Å². The zero-order chi connectivity index (χ0) is 12.1. The SMILES string of the molecule is CC.COC(=O)c1ccc(C2CC2)cc1C. The van der Waals surface area contributed by atoms with E-state index in [0.717, 1.165) is 11.5 Å². The molecule has 2 nitrogen and oxygen atoms in total. The lowest BCUT2D eigenvalue weighted by molar-refractivity contribution is 0.0600. The minimum Gasteiger partial charge on any atom is -0.465 e. The van der Waals surface area contributed by atoms with Crippen molar-refractivity contribution in [1.82, 2.24) is 0 Å². The number of carbonyl (C=O) groups excluding carboxylic acids is 1. The molecule has 0 bridgehead atoms. The highest BCUT2D eigenvalue weighted by atomic mass is 16.5. The number of rotatable bonds is 2. The second kappa shape index (κ2) is 5.69. The highest BCUT2D eigenvalue weighted by Crippen LogP contribution is 2.40. The van der Waals surface area contributed by atoms with Crippen LogP contribution >= 0.6 is 0 Å². The topological polar surface area (TPSA) is 26.3 Å². The predicted octanol–water partition coefficient (Wildman–Crippen LogP) is 3.69. The molecular weight excluding hydrogens is 200 g/mol. The number of hydrogen-bond donors (Lipinski definition) is 0. The van der Waals surface area contributed by atoms with E-state index in [1.807, 2.05) is 32.9 Å². The molecule has 1 aromatic carbocycles. The van der Waals surface area contributed by atoms with Gasteiger partial charge in [0.25, 0.3) is 0 Å². The van der Waals surface area contributed by atoms with E-state index in [4.69, 9.17) is 4.74 Å². The fraction of sp³-hybridized carbons (Fsp3) is 0.500. The summed E-state index contributed by atoms with van der Waals surface area (Å²) in [5, 5.41) is 0. The highest BCUT2D eigenvalue weighted by Gasteiger charge is 2.24. The van der Waals surface area contributed by atoms with Gasteiger partial charge in [-0.3, -0.25) is 0 Å². The average molecular weight is 220 g/mol. The van der Waals surface area contributed by atoms with Crippen molar-refractivity contribution < 1.29 is 9.53 Å². The van der Waals surface area contributed by atoms with Crippen LogP contribution < -0.4 is 0 Å². The van der Waals surface area contributed by atoms with Gasteiger partial charge in [0.05, 0.1) is 12.7 Å². The first-order chi connectivity index (χ1) is 7.72. The lowest BCUT2D eigenvalue weighted by atomic mass is 10.0. The van der Waals surface area contributed by atoms with Gasteiger partial charge >= 0.3 is 5.97 Å². The van der Waals surface area contributed by atoms with Gasteiger partial charge in [-0.1, -0.05) is 26.0 Å². The summed E-state index contributed by atoms with van der Waals surface area (Å²) >= 11 is 0. The number of methoxy groups -OCH3 is 1. The summed E-state index contributed by atoms with van der Waals surface area (Å²) in [4.78, 5) is 11.3. The Morgan fingerprint density at radius 1 is 1.31 bits per heavy atom. The Morgan fingerprint density at radius 3 is 2.38 bits per heavy atom. The third-order valence-corrected chi connectivity index (χ3v) is 2.70. The molecule has 0 amide bonds. The molecule has 0 radical (unpaired) electrons.